The Morgan fingerprint density at radius 1 is 1.44 bits per heavy atom. The highest BCUT2D eigenvalue weighted by atomic mass is 32.2. The van der Waals surface area contributed by atoms with Gasteiger partial charge in [0.05, 0.1) is 19.6 Å². The monoisotopic (exact) mass is 357 g/mol. The van der Waals surface area contributed by atoms with Gasteiger partial charge in [-0.15, -0.1) is 0 Å². The van der Waals surface area contributed by atoms with Gasteiger partial charge in [-0.25, -0.2) is 0 Å². The number of aryl methyl sites for hydroxylation is 1. The molecule has 1 aliphatic carbocycles. The Bertz CT molecular complexity index is 744. The van der Waals surface area contributed by atoms with E-state index in [0.717, 1.165) is 55.4 Å². The first kappa shape index (κ1) is 16.5. The number of carbonyl (C=O) groups is 1. The predicted octanol–water partition coefficient (Wildman–Crippen LogP) is 3.23. The smallest absolute Gasteiger partial charge is 0.226 e. The summed E-state index contributed by atoms with van der Waals surface area (Å²) in [4.78, 5) is 19.3. The number of nitrogens with one attached hydrogen (secondary N) is 1. The van der Waals surface area contributed by atoms with Crippen LogP contribution in [0.5, 0.6) is 5.75 Å². The Morgan fingerprint density at radius 2 is 2.36 bits per heavy atom. The lowest BCUT2D eigenvalue weighted by atomic mass is 9.87. The van der Waals surface area contributed by atoms with E-state index >= 15 is 0 Å². The molecule has 1 N–H and O–H groups in total. The molecule has 1 aromatic rings. The third-order valence-electron chi connectivity index (χ3n) is 5.01. The molecule has 0 radical (unpaired) electrons. The fraction of sp³-hybridized carbons (Fsp3) is 0.474. The van der Waals surface area contributed by atoms with Crippen LogP contribution in [0.15, 0.2) is 34.3 Å². The number of benzene rings is 1. The average Bonchev–Trinajstić information content (AvgIpc) is 3.04. The number of nitrogens with zero attached hydrogens (tertiary/aromatic N) is 2. The lowest BCUT2D eigenvalue weighted by Gasteiger charge is -2.28. The molecule has 0 saturated heterocycles. The van der Waals surface area contributed by atoms with Crippen molar-refractivity contribution in [3.8, 4) is 5.75 Å². The topological polar surface area (TPSA) is 53.9 Å². The van der Waals surface area contributed by atoms with Gasteiger partial charge < -0.3 is 15.0 Å². The second-order valence-corrected chi connectivity index (χ2v) is 7.49. The van der Waals surface area contributed by atoms with Gasteiger partial charge in [-0.05, 0) is 54.4 Å². The number of rotatable bonds is 4. The summed E-state index contributed by atoms with van der Waals surface area (Å²) in [5.74, 6) is 0.975. The zero-order valence-electron chi connectivity index (χ0n) is 14.5. The van der Waals surface area contributed by atoms with Crippen molar-refractivity contribution in [1.82, 2.24) is 10.2 Å². The SMILES string of the molecule is COc1ccc2c(c1)CCC[C@@H]2NC(=O)CC1=CSC2=NCCCN12. The fourth-order valence-corrected chi connectivity index (χ4v) is 4.70. The van der Waals surface area contributed by atoms with E-state index in [-0.39, 0.29) is 11.9 Å². The van der Waals surface area contributed by atoms with Gasteiger partial charge in [-0.3, -0.25) is 9.79 Å². The molecule has 6 heteroatoms. The molecule has 1 aromatic carbocycles. The number of carbonyl (C=O) groups excluding carboxylic acids is 1. The van der Waals surface area contributed by atoms with Crippen molar-refractivity contribution in [3.63, 3.8) is 0 Å². The van der Waals surface area contributed by atoms with Crippen molar-refractivity contribution in [2.24, 2.45) is 4.99 Å². The molecule has 2 aliphatic heterocycles. The van der Waals surface area contributed by atoms with E-state index in [1.165, 1.54) is 11.1 Å². The number of ether oxygens (including phenoxy) is 1. The van der Waals surface area contributed by atoms with Crippen LogP contribution in [0.4, 0.5) is 0 Å². The molecule has 4 rings (SSSR count). The molecule has 25 heavy (non-hydrogen) atoms. The van der Waals surface area contributed by atoms with Crippen LogP contribution in [0, 0.1) is 0 Å². The highest BCUT2D eigenvalue weighted by molar-refractivity contribution is 8.16. The van der Waals surface area contributed by atoms with Gasteiger partial charge in [0.2, 0.25) is 5.91 Å². The van der Waals surface area contributed by atoms with E-state index in [4.69, 9.17) is 4.74 Å². The lowest BCUT2D eigenvalue weighted by Crippen LogP contribution is -2.35. The number of aliphatic imine (C=N–C) groups is 1. The quantitative estimate of drug-likeness (QED) is 0.899. The van der Waals surface area contributed by atoms with E-state index in [1.807, 2.05) is 6.07 Å². The molecule has 0 bridgehead atoms. The van der Waals surface area contributed by atoms with Crippen LogP contribution in [0.1, 0.15) is 42.9 Å². The Balaban J connectivity index is 1.42. The van der Waals surface area contributed by atoms with E-state index < -0.39 is 0 Å². The highest BCUT2D eigenvalue weighted by Crippen LogP contribution is 2.33. The van der Waals surface area contributed by atoms with Crippen LogP contribution in [0.2, 0.25) is 0 Å². The van der Waals surface area contributed by atoms with Crippen molar-refractivity contribution < 1.29 is 9.53 Å². The maximum absolute atomic E-state index is 12.6. The first-order valence-electron chi connectivity index (χ1n) is 8.88. The van der Waals surface area contributed by atoms with E-state index in [0.29, 0.717) is 6.42 Å². The first-order chi connectivity index (χ1) is 12.2. The molecule has 0 saturated carbocycles. The zero-order valence-corrected chi connectivity index (χ0v) is 15.3. The normalized spacial score (nSPS) is 21.8. The fourth-order valence-electron chi connectivity index (χ4n) is 3.75. The minimum Gasteiger partial charge on any atom is -0.497 e. The Labute approximate surface area is 152 Å². The summed E-state index contributed by atoms with van der Waals surface area (Å²) >= 11 is 1.64. The molecule has 1 amide bonds. The molecule has 132 valence electrons. The summed E-state index contributed by atoms with van der Waals surface area (Å²) in [7, 11) is 1.69. The van der Waals surface area contributed by atoms with E-state index in [2.05, 4.69) is 32.7 Å². The number of amides is 1. The largest absolute Gasteiger partial charge is 0.497 e. The Hall–Kier alpha value is -1.95. The van der Waals surface area contributed by atoms with Gasteiger partial charge in [0.1, 0.15) is 5.75 Å². The summed E-state index contributed by atoms with van der Waals surface area (Å²) in [6.07, 6.45) is 4.62. The minimum atomic E-state index is 0.0901. The second kappa shape index (κ2) is 7.12. The summed E-state index contributed by atoms with van der Waals surface area (Å²) in [5.41, 5.74) is 3.60. The maximum Gasteiger partial charge on any atom is 0.226 e. The molecular weight excluding hydrogens is 334 g/mol. The van der Waals surface area contributed by atoms with Crippen molar-refractivity contribution in [3.05, 3.63) is 40.4 Å². The Kier molecular flexibility index (Phi) is 4.70. The predicted molar refractivity (Wildman–Crippen MR) is 101 cm³/mol. The third kappa shape index (κ3) is 3.40. The van der Waals surface area contributed by atoms with Gasteiger partial charge in [0.25, 0.3) is 0 Å². The maximum atomic E-state index is 12.6. The molecule has 2 heterocycles. The van der Waals surface area contributed by atoms with Crippen molar-refractivity contribution in [1.29, 1.82) is 0 Å². The van der Waals surface area contributed by atoms with E-state index in [1.54, 1.807) is 18.9 Å². The summed E-state index contributed by atoms with van der Waals surface area (Å²) < 4.78 is 5.32. The number of thioether (sulfide) groups is 1. The summed E-state index contributed by atoms with van der Waals surface area (Å²) in [6, 6.07) is 6.28. The molecule has 0 aromatic heterocycles. The summed E-state index contributed by atoms with van der Waals surface area (Å²) in [5, 5.41) is 6.36. The van der Waals surface area contributed by atoms with Gasteiger partial charge in [-0.2, -0.15) is 0 Å². The van der Waals surface area contributed by atoms with Gasteiger partial charge in [0, 0.05) is 18.8 Å². The molecule has 0 fully saturated rings. The van der Waals surface area contributed by atoms with Crippen LogP contribution in [0.25, 0.3) is 0 Å². The zero-order chi connectivity index (χ0) is 17.2. The highest BCUT2D eigenvalue weighted by Gasteiger charge is 2.28. The van der Waals surface area contributed by atoms with E-state index in [9.17, 15) is 4.79 Å². The number of hydrogen-bond acceptors (Lipinski definition) is 5. The molecule has 0 unspecified atom stereocenters. The summed E-state index contributed by atoms with van der Waals surface area (Å²) in [6.45, 7) is 1.87. The minimum absolute atomic E-state index is 0.0901. The molecular formula is C19H23N3O2S. The molecule has 3 aliphatic rings. The number of hydrogen-bond donors (Lipinski definition) is 1. The van der Waals surface area contributed by atoms with Crippen LogP contribution in [-0.2, 0) is 11.2 Å². The molecule has 5 nitrogen and oxygen atoms in total. The second-order valence-electron chi connectivity index (χ2n) is 6.65. The molecule has 1 atom stereocenters. The number of methoxy groups -OCH3 is 1. The van der Waals surface area contributed by atoms with Crippen LogP contribution in [-0.4, -0.2) is 36.2 Å². The standard InChI is InChI=1S/C19H23N3O2S/c1-24-15-6-7-16-13(10-15)4-2-5-17(16)21-18(23)11-14-12-25-19-20-8-3-9-22(14)19/h6-7,10,12,17H,2-5,8-9,11H2,1H3,(H,21,23)/t17-/m0/s1. The Morgan fingerprint density at radius 3 is 3.24 bits per heavy atom. The van der Waals surface area contributed by atoms with Crippen LogP contribution in [0.3, 0.4) is 0 Å². The number of amidine groups is 1. The van der Waals surface area contributed by atoms with Crippen molar-refractivity contribution in [2.45, 2.75) is 38.1 Å². The van der Waals surface area contributed by atoms with Crippen LogP contribution < -0.4 is 10.1 Å². The van der Waals surface area contributed by atoms with Crippen molar-refractivity contribution in [2.75, 3.05) is 20.2 Å². The third-order valence-corrected chi connectivity index (χ3v) is 5.96. The van der Waals surface area contributed by atoms with Gasteiger partial charge in [-0.1, -0.05) is 17.8 Å². The first-order valence-corrected chi connectivity index (χ1v) is 9.76. The van der Waals surface area contributed by atoms with Crippen LogP contribution >= 0.6 is 11.8 Å². The van der Waals surface area contributed by atoms with Gasteiger partial charge in [0.15, 0.2) is 5.17 Å². The number of fused-ring (bicyclic) bond motifs is 2. The average molecular weight is 357 g/mol. The molecule has 0 spiro atoms. The van der Waals surface area contributed by atoms with Crippen molar-refractivity contribution >= 4 is 22.8 Å². The lowest BCUT2D eigenvalue weighted by molar-refractivity contribution is -0.121. The van der Waals surface area contributed by atoms with Gasteiger partial charge >= 0.3 is 0 Å².